The minimum atomic E-state index is 0.218. The van der Waals surface area contributed by atoms with Gasteiger partial charge in [0.05, 0.1) is 5.75 Å². The van der Waals surface area contributed by atoms with Crippen LogP contribution in [-0.2, 0) is 11.2 Å². The van der Waals surface area contributed by atoms with E-state index in [1.165, 1.54) is 0 Å². The van der Waals surface area contributed by atoms with Crippen molar-refractivity contribution in [3.05, 3.63) is 29.8 Å². The molecule has 0 saturated heterocycles. The zero-order valence-corrected chi connectivity index (χ0v) is 10.6. The maximum absolute atomic E-state index is 11.6. The fourth-order valence-corrected chi connectivity index (χ4v) is 2.11. The van der Waals surface area contributed by atoms with E-state index in [1.807, 2.05) is 6.07 Å². The number of rotatable bonds is 6. The minimum absolute atomic E-state index is 0.218. The first-order valence-corrected chi connectivity index (χ1v) is 6.58. The number of phenols is 1. The lowest BCUT2D eigenvalue weighted by atomic mass is 10.1. The zero-order chi connectivity index (χ0) is 12.0. The number of hydrogen-bond donors (Lipinski definition) is 1. The van der Waals surface area contributed by atoms with E-state index in [2.05, 4.69) is 13.8 Å². The first-order valence-electron chi connectivity index (χ1n) is 5.53. The highest BCUT2D eigenvalue weighted by Gasteiger charge is 2.07. The lowest BCUT2D eigenvalue weighted by Gasteiger charge is -2.07. The van der Waals surface area contributed by atoms with Gasteiger partial charge in [0.2, 0.25) is 0 Å². The lowest BCUT2D eigenvalue weighted by molar-refractivity contribution is -0.116. The number of ketones is 1. The molecule has 0 amide bonds. The number of hydrogen-bond acceptors (Lipinski definition) is 3. The Labute approximate surface area is 101 Å². The molecule has 0 fully saturated rings. The average molecular weight is 238 g/mol. The number of benzene rings is 1. The third kappa shape index (κ3) is 4.71. The predicted molar refractivity (Wildman–Crippen MR) is 69.0 cm³/mol. The van der Waals surface area contributed by atoms with Crippen LogP contribution in [0.15, 0.2) is 24.3 Å². The number of carbonyl (C=O) groups is 1. The van der Waals surface area contributed by atoms with Crippen LogP contribution in [0.2, 0.25) is 0 Å². The standard InChI is InChI=1S/C13H18O2S/c1-3-10(2)16-9-13(15)8-11-5-4-6-12(14)7-11/h4-7,10,14H,3,8-9H2,1-2H3. The summed E-state index contributed by atoms with van der Waals surface area (Å²) in [6.45, 7) is 4.25. The second-order valence-corrected chi connectivity index (χ2v) is 5.34. The molecule has 1 atom stereocenters. The van der Waals surface area contributed by atoms with Gasteiger partial charge < -0.3 is 5.11 Å². The van der Waals surface area contributed by atoms with Gasteiger partial charge in [0, 0.05) is 11.7 Å². The highest BCUT2D eigenvalue weighted by atomic mass is 32.2. The maximum Gasteiger partial charge on any atom is 0.147 e. The molecule has 88 valence electrons. The summed E-state index contributed by atoms with van der Waals surface area (Å²) >= 11 is 1.70. The number of aromatic hydroxyl groups is 1. The third-order valence-corrected chi connectivity index (χ3v) is 3.81. The summed E-state index contributed by atoms with van der Waals surface area (Å²) in [6, 6.07) is 6.89. The van der Waals surface area contributed by atoms with E-state index in [-0.39, 0.29) is 11.5 Å². The van der Waals surface area contributed by atoms with Crippen molar-refractivity contribution in [1.82, 2.24) is 0 Å². The Balaban J connectivity index is 2.40. The smallest absolute Gasteiger partial charge is 0.147 e. The Bertz CT molecular complexity index is 350. The Hall–Kier alpha value is -0.960. The van der Waals surface area contributed by atoms with Crippen LogP contribution >= 0.6 is 11.8 Å². The molecule has 0 aliphatic heterocycles. The molecule has 1 unspecified atom stereocenters. The second kappa shape index (κ2) is 6.59. The molecule has 3 heteroatoms. The van der Waals surface area contributed by atoms with E-state index in [1.54, 1.807) is 30.0 Å². The Morgan fingerprint density at radius 1 is 1.50 bits per heavy atom. The third-order valence-electron chi connectivity index (χ3n) is 2.42. The second-order valence-electron chi connectivity index (χ2n) is 3.92. The maximum atomic E-state index is 11.6. The van der Waals surface area contributed by atoms with Crippen LogP contribution in [0.25, 0.3) is 0 Å². The van der Waals surface area contributed by atoms with Gasteiger partial charge in [-0.2, -0.15) is 11.8 Å². The fraction of sp³-hybridized carbons (Fsp3) is 0.462. The number of thioether (sulfide) groups is 1. The summed E-state index contributed by atoms with van der Waals surface area (Å²) in [7, 11) is 0. The van der Waals surface area contributed by atoms with E-state index in [0.29, 0.717) is 17.4 Å². The van der Waals surface area contributed by atoms with E-state index < -0.39 is 0 Å². The van der Waals surface area contributed by atoms with Crippen LogP contribution in [0.1, 0.15) is 25.8 Å². The lowest BCUT2D eigenvalue weighted by Crippen LogP contribution is -2.08. The van der Waals surface area contributed by atoms with Gasteiger partial charge in [-0.25, -0.2) is 0 Å². The summed E-state index contributed by atoms with van der Waals surface area (Å²) < 4.78 is 0. The van der Waals surface area contributed by atoms with Crippen molar-refractivity contribution in [2.24, 2.45) is 0 Å². The molecule has 1 aromatic carbocycles. The molecular formula is C13H18O2S. The van der Waals surface area contributed by atoms with Crippen molar-refractivity contribution in [3.63, 3.8) is 0 Å². The van der Waals surface area contributed by atoms with Gasteiger partial charge in [-0.3, -0.25) is 4.79 Å². The van der Waals surface area contributed by atoms with Crippen molar-refractivity contribution in [2.45, 2.75) is 31.9 Å². The van der Waals surface area contributed by atoms with Crippen LogP contribution in [0, 0.1) is 0 Å². The molecular weight excluding hydrogens is 220 g/mol. The first kappa shape index (κ1) is 13.1. The van der Waals surface area contributed by atoms with Crippen molar-refractivity contribution < 1.29 is 9.90 Å². The molecule has 1 aromatic rings. The number of phenolic OH excluding ortho intramolecular Hbond substituents is 1. The SMILES string of the molecule is CCC(C)SCC(=O)Cc1cccc(O)c1. The average Bonchev–Trinajstić information content (AvgIpc) is 2.26. The highest BCUT2D eigenvalue weighted by molar-refractivity contribution is 8.00. The highest BCUT2D eigenvalue weighted by Crippen LogP contribution is 2.16. The molecule has 16 heavy (non-hydrogen) atoms. The monoisotopic (exact) mass is 238 g/mol. The van der Waals surface area contributed by atoms with Crippen LogP contribution in [0.3, 0.4) is 0 Å². The zero-order valence-electron chi connectivity index (χ0n) is 9.77. The molecule has 2 nitrogen and oxygen atoms in total. The van der Waals surface area contributed by atoms with Crippen LogP contribution in [-0.4, -0.2) is 21.9 Å². The normalized spacial score (nSPS) is 12.4. The molecule has 1 N–H and O–H groups in total. The Morgan fingerprint density at radius 3 is 2.88 bits per heavy atom. The van der Waals surface area contributed by atoms with E-state index in [0.717, 1.165) is 12.0 Å². The fourth-order valence-electron chi connectivity index (χ4n) is 1.30. The van der Waals surface area contributed by atoms with Gasteiger partial charge in [-0.15, -0.1) is 0 Å². The topological polar surface area (TPSA) is 37.3 Å². The molecule has 0 saturated carbocycles. The molecule has 0 heterocycles. The van der Waals surface area contributed by atoms with E-state index >= 15 is 0 Å². The molecule has 0 spiro atoms. The van der Waals surface area contributed by atoms with Crippen molar-refractivity contribution in [3.8, 4) is 5.75 Å². The van der Waals surface area contributed by atoms with Gasteiger partial charge >= 0.3 is 0 Å². The molecule has 0 radical (unpaired) electrons. The number of carbonyl (C=O) groups excluding carboxylic acids is 1. The van der Waals surface area contributed by atoms with Crippen LogP contribution < -0.4 is 0 Å². The predicted octanol–water partition coefficient (Wildman–Crippen LogP) is 3.04. The summed E-state index contributed by atoms with van der Waals surface area (Å²) in [5, 5.41) is 9.80. The molecule has 1 rings (SSSR count). The van der Waals surface area contributed by atoms with Crippen LogP contribution in [0.4, 0.5) is 0 Å². The first-order chi connectivity index (χ1) is 7.61. The van der Waals surface area contributed by atoms with Gasteiger partial charge in [0.1, 0.15) is 11.5 Å². The summed E-state index contributed by atoms with van der Waals surface area (Å²) in [6.07, 6.45) is 1.50. The van der Waals surface area contributed by atoms with Gasteiger partial charge in [0.15, 0.2) is 0 Å². The van der Waals surface area contributed by atoms with Crippen molar-refractivity contribution >= 4 is 17.5 Å². The largest absolute Gasteiger partial charge is 0.508 e. The summed E-state index contributed by atoms with van der Waals surface area (Å²) in [4.78, 5) is 11.6. The van der Waals surface area contributed by atoms with Gasteiger partial charge in [0.25, 0.3) is 0 Å². The van der Waals surface area contributed by atoms with Crippen LogP contribution in [0.5, 0.6) is 5.75 Å². The van der Waals surface area contributed by atoms with Gasteiger partial charge in [-0.05, 0) is 24.1 Å². The Morgan fingerprint density at radius 2 is 2.25 bits per heavy atom. The molecule has 0 aliphatic rings. The Kier molecular flexibility index (Phi) is 5.39. The van der Waals surface area contributed by atoms with Crippen molar-refractivity contribution in [2.75, 3.05) is 5.75 Å². The minimum Gasteiger partial charge on any atom is -0.508 e. The van der Waals surface area contributed by atoms with E-state index in [9.17, 15) is 9.90 Å². The molecule has 0 aromatic heterocycles. The van der Waals surface area contributed by atoms with Gasteiger partial charge in [-0.1, -0.05) is 26.0 Å². The quantitative estimate of drug-likeness (QED) is 0.827. The summed E-state index contributed by atoms with van der Waals surface area (Å²) in [5.74, 6) is 1.00. The molecule has 0 aliphatic carbocycles. The molecule has 0 bridgehead atoms. The number of Topliss-reactive ketones (excluding diaryl/α,β-unsaturated/α-hetero) is 1. The summed E-state index contributed by atoms with van der Waals surface area (Å²) in [5.41, 5.74) is 0.884. The van der Waals surface area contributed by atoms with E-state index in [4.69, 9.17) is 0 Å². The van der Waals surface area contributed by atoms with Crippen molar-refractivity contribution in [1.29, 1.82) is 0 Å².